The largest absolute Gasteiger partial charge is 0.312 e. The summed E-state index contributed by atoms with van der Waals surface area (Å²) in [7, 11) is 0. The van der Waals surface area contributed by atoms with E-state index in [4.69, 9.17) is 16.6 Å². The van der Waals surface area contributed by atoms with Crippen LogP contribution in [0.5, 0.6) is 0 Å². The maximum Gasteiger partial charge on any atom is 0.160 e. The maximum absolute atomic E-state index is 6.63. The van der Waals surface area contributed by atoms with Crippen LogP contribution in [0.25, 0.3) is 5.00 Å². The molecule has 2 aliphatic heterocycles. The molecule has 2 aliphatic rings. The fourth-order valence-electron chi connectivity index (χ4n) is 4.56. The van der Waals surface area contributed by atoms with E-state index < -0.39 is 0 Å². The first-order valence-electron chi connectivity index (χ1n) is 11.4. The number of aliphatic imine (C=N–C) groups is 1. The first-order chi connectivity index (χ1) is 15.3. The van der Waals surface area contributed by atoms with Crippen molar-refractivity contribution in [2.75, 3.05) is 6.54 Å². The molecule has 5 nitrogen and oxygen atoms in total. The molecule has 0 atom stereocenters. The van der Waals surface area contributed by atoms with Gasteiger partial charge in [0.2, 0.25) is 0 Å². The molecule has 3 aromatic rings. The summed E-state index contributed by atoms with van der Waals surface area (Å²) in [5.74, 6) is 1.99. The lowest BCUT2D eigenvalue weighted by Gasteiger charge is -2.16. The number of unbranched alkanes of at least 4 members (excludes halogenated alkanes) is 4. The molecule has 0 spiro atoms. The highest BCUT2D eigenvalue weighted by molar-refractivity contribution is 7.15. The number of hydrogen-bond acceptors (Lipinski definition) is 5. The lowest BCUT2D eigenvalue weighted by molar-refractivity contribution is 0.618. The molecule has 0 saturated heterocycles. The molecule has 162 valence electrons. The van der Waals surface area contributed by atoms with Crippen LogP contribution in [0.3, 0.4) is 0 Å². The van der Waals surface area contributed by atoms with Gasteiger partial charge in [0.05, 0.1) is 5.71 Å². The SMILES string of the molecule is CCCCCCCc1nnc2n1-c1sc3c(c1C(c1ccccc1Cl)=NC2)CCNC3. The highest BCUT2D eigenvalue weighted by atomic mass is 35.5. The van der Waals surface area contributed by atoms with Gasteiger partial charge in [-0.2, -0.15) is 0 Å². The van der Waals surface area contributed by atoms with Crippen molar-refractivity contribution in [2.45, 2.75) is 65.0 Å². The average molecular weight is 454 g/mol. The van der Waals surface area contributed by atoms with Crippen LogP contribution in [-0.2, 0) is 25.9 Å². The Bertz CT molecular complexity index is 1110. The van der Waals surface area contributed by atoms with Crippen molar-refractivity contribution in [2.24, 2.45) is 4.99 Å². The zero-order valence-electron chi connectivity index (χ0n) is 18.0. The second-order valence-electron chi connectivity index (χ2n) is 8.29. The van der Waals surface area contributed by atoms with Crippen LogP contribution >= 0.6 is 22.9 Å². The summed E-state index contributed by atoms with van der Waals surface area (Å²) in [5.41, 5.74) is 4.65. The van der Waals surface area contributed by atoms with E-state index in [2.05, 4.69) is 33.1 Å². The molecule has 4 heterocycles. The number of aryl methyl sites for hydroxylation is 1. The van der Waals surface area contributed by atoms with Crippen LogP contribution in [0.4, 0.5) is 0 Å². The number of nitrogens with one attached hydrogen (secondary N) is 1. The van der Waals surface area contributed by atoms with Crippen LogP contribution in [0, 0.1) is 0 Å². The third kappa shape index (κ3) is 3.97. The summed E-state index contributed by atoms with van der Waals surface area (Å²) in [5, 5.41) is 14.6. The summed E-state index contributed by atoms with van der Waals surface area (Å²) < 4.78 is 2.30. The van der Waals surface area contributed by atoms with Crippen molar-refractivity contribution in [1.29, 1.82) is 0 Å². The number of rotatable bonds is 7. The molecule has 0 unspecified atom stereocenters. The molecular weight excluding hydrogens is 426 g/mol. The maximum atomic E-state index is 6.63. The third-order valence-electron chi connectivity index (χ3n) is 6.16. The Balaban J connectivity index is 1.58. The van der Waals surface area contributed by atoms with Gasteiger partial charge in [0.25, 0.3) is 0 Å². The van der Waals surface area contributed by atoms with E-state index in [1.54, 1.807) is 0 Å². The van der Waals surface area contributed by atoms with Crippen molar-refractivity contribution in [3.8, 4) is 5.00 Å². The zero-order chi connectivity index (χ0) is 21.2. The molecule has 5 rings (SSSR count). The molecule has 0 fully saturated rings. The number of fused-ring (bicyclic) bond motifs is 5. The van der Waals surface area contributed by atoms with E-state index in [1.165, 1.54) is 46.7 Å². The summed E-state index contributed by atoms with van der Waals surface area (Å²) in [6.45, 7) is 4.68. The summed E-state index contributed by atoms with van der Waals surface area (Å²) >= 11 is 8.49. The molecule has 0 aliphatic carbocycles. The van der Waals surface area contributed by atoms with E-state index in [9.17, 15) is 0 Å². The quantitative estimate of drug-likeness (QED) is 0.481. The van der Waals surface area contributed by atoms with Crippen molar-refractivity contribution in [3.05, 3.63) is 62.5 Å². The topological polar surface area (TPSA) is 55.1 Å². The van der Waals surface area contributed by atoms with Crippen molar-refractivity contribution < 1.29 is 0 Å². The summed E-state index contributed by atoms with van der Waals surface area (Å²) in [6.07, 6.45) is 8.23. The standard InChI is InChI=1S/C24H28ClN5S/c1-2-3-4-5-6-11-20-28-29-21-15-27-23(16-9-7-8-10-18(16)25)22-17-12-13-26-14-19(17)31-24(22)30(20)21/h7-10,26H,2-6,11-15H2,1H3. The molecule has 1 aromatic carbocycles. The molecule has 0 bridgehead atoms. The Morgan fingerprint density at radius 1 is 1.13 bits per heavy atom. The highest BCUT2D eigenvalue weighted by Crippen LogP contribution is 2.39. The Morgan fingerprint density at radius 3 is 2.87 bits per heavy atom. The van der Waals surface area contributed by atoms with Crippen LogP contribution in [-0.4, -0.2) is 27.0 Å². The second kappa shape index (κ2) is 9.23. The fourth-order valence-corrected chi connectivity index (χ4v) is 6.15. The number of hydrogen-bond donors (Lipinski definition) is 1. The van der Waals surface area contributed by atoms with E-state index in [1.807, 2.05) is 29.5 Å². The lowest BCUT2D eigenvalue weighted by Crippen LogP contribution is -2.23. The van der Waals surface area contributed by atoms with Gasteiger partial charge >= 0.3 is 0 Å². The highest BCUT2D eigenvalue weighted by Gasteiger charge is 2.30. The number of benzene rings is 1. The van der Waals surface area contributed by atoms with Gasteiger partial charge in [0.1, 0.15) is 17.4 Å². The van der Waals surface area contributed by atoms with Gasteiger partial charge in [-0.3, -0.25) is 9.56 Å². The Kier molecular flexibility index (Phi) is 6.21. The van der Waals surface area contributed by atoms with E-state index in [-0.39, 0.29) is 0 Å². The van der Waals surface area contributed by atoms with Gasteiger partial charge in [-0.1, -0.05) is 62.4 Å². The minimum Gasteiger partial charge on any atom is -0.312 e. The van der Waals surface area contributed by atoms with Gasteiger partial charge in [0, 0.05) is 34.0 Å². The zero-order valence-corrected chi connectivity index (χ0v) is 19.5. The molecule has 1 N–H and O–H groups in total. The lowest BCUT2D eigenvalue weighted by atomic mass is 9.96. The van der Waals surface area contributed by atoms with Gasteiger partial charge < -0.3 is 5.32 Å². The normalized spacial score (nSPS) is 15.1. The van der Waals surface area contributed by atoms with Crippen LogP contribution in [0.15, 0.2) is 29.3 Å². The van der Waals surface area contributed by atoms with E-state index >= 15 is 0 Å². The van der Waals surface area contributed by atoms with Crippen molar-refractivity contribution in [1.82, 2.24) is 20.1 Å². The smallest absolute Gasteiger partial charge is 0.160 e. The Morgan fingerprint density at radius 2 is 2.00 bits per heavy atom. The van der Waals surface area contributed by atoms with Gasteiger partial charge in [0.15, 0.2) is 5.82 Å². The predicted molar refractivity (Wildman–Crippen MR) is 128 cm³/mol. The fraction of sp³-hybridized carbons (Fsp3) is 0.458. The minimum atomic E-state index is 0.526. The van der Waals surface area contributed by atoms with Gasteiger partial charge in [-0.05, 0) is 31.0 Å². The van der Waals surface area contributed by atoms with Crippen LogP contribution in [0.2, 0.25) is 5.02 Å². The molecule has 0 amide bonds. The number of halogens is 1. The minimum absolute atomic E-state index is 0.526. The number of aromatic nitrogens is 3. The average Bonchev–Trinajstić information content (AvgIpc) is 3.32. The van der Waals surface area contributed by atoms with Gasteiger partial charge in [-0.15, -0.1) is 21.5 Å². The molecule has 0 saturated carbocycles. The molecule has 7 heteroatoms. The monoisotopic (exact) mass is 453 g/mol. The Hall–Kier alpha value is -2.02. The molecule has 0 radical (unpaired) electrons. The summed E-state index contributed by atoms with van der Waals surface area (Å²) in [4.78, 5) is 6.44. The first kappa shape index (κ1) is 20.9. The van der Waals surface area contributed by atoms with Crippen LogP contribution < -0.4 is 5.32 Å². The first-order valence-corrected chi connectivity index (χ1v) is 12.6. The van der Waals surface area contributed by atoms with Crippen molar-refractivity contribution in [3.63, 3.8) is 0 Å². The predicted octanol–water partition coefficient (Wildman–Crippen LogP) is 5.49. The molecule has 31 heavy (non-hydrogen) atoms. The van der Waals surface area contributed by atoms with E-state index in [0.717, 1.165) is 60.3 Å². The van der Waals surface area contributed by atoms with Crippen LogP contribution in [0.1, 0.15) is 72.2 Å². The Labute approximate surface area is 192 Å². The number of thiophene rings is 1. The molecule has 2 aromatic heterocycles. The third-order valence-corrected chi connectivity index (χ3v) is 7.70. The molecular formula is C24H28ClN5S. The van der Waals surface area contributed by atoms with E-state index in [0.29, 0.717) is 6.54 Å². The van der Waals surface area contributed by atoms with Gasteiger partial charge in [-0.25, -0.2) is 0 Å². The van der Waals surface area contributed by atoms with Crippen molar-refractivity contribution >= 4 is 28.6 Å². The summed E-state index contributed by atoms with van der Waals surface area (Å²) in [6, 6.07) is 8.04. The second-order valence-corrected chi connectivity index (χ2v) is 9.78. The number of nitrogens with zero attached hydrogens (tertiary/aromatic N) is 4.